The van der Waals surface area contributed by atoms with Gasteiger partial charge in [-0.25, -0.2) is 0 Å². The van der Waals surface area contributed by atoms with E-state index in [2.05, 4.69) is 0 Å². The molecule has 1 atom stereocenters. The van der Waals surface area contributed by atoms with Crippen LogP contribution in [0.4, 0.5) is 0 Å². The minimum atomic E-state index is -0.0835. The van der Waals surface area contributed by atoms with Crippen LogP contribution in [0.15, 0.2) is 0 Å². The van der Waals surface area contributed by atoms with Crippen molar-refractivity contribution in [2.24, 2.45) is 0 Å². The van der Waals surface area contributed by atoms with Gasteiger partial charge in [-0.1, -0.05) is 0 Å². The molecule has 13 heavy (non-hydrogen) atoms. The zero-order valence-corrected chi connectivity index (χ0v) is 7.82. The maximum Gasteiger partial charge on any atom is 0.236 e. The fourth-order valence-electron chi connectivity index (χ4n) is 1.40. The number of nitriles is 1. The molecule has 0 saturated carbocycles. The first-order valence-corrected chi connectivity index (χ1v) is 4.50. The summed E-state index contributed by atoms with van der Waals surface area (Å²) in [6, 6.07) is 1.87. The van der Waals surface area contributed by atoms with Crippen molar-refractivity contribution in [1.82, 2.24) is 4.90 Å². The second-order valence-corrected chi connectivity index (χ2v) is 3.21. The Bertz CT molecular complexity index is 222. The average molecular weight is 182 g/mol. The second-order valence-electron chi connectivity index (χ2n) is 3.21. The molecule has 1 saturated heterocycles. The maximum atomic E-state index is 11.3. The highest BCUT2D eigenvalue weighted by Crippen LogP contribution is 2.06. The van der Waals surface area contributed by atoms with Gasteiger partial charge in [0.2, 0.25) is 5.91 Å². The largest absolute Gasteiger partial charge is 0.377 e. The minimum absolute atomic E-state index is 0.0211. The highest BCUT2D eigenvalue weighted by molar-refractivity contribution is 5.78. The van der Waals surface area contributed by atoms with E-state index in [1.807, 2.05) is 13.0 Å². The molecule has 1 rings (SSSR count). The van der Waals surface area contributed by atoms with Crippen LogP contribution < -0.4 is 0 Å². The van der Waals surface area contributed by atoms with Gasteiger partial charge in [-0.15, -0.1) is 0 Å². The molecule has 0 spiro atoms. The number of ether oxygens (including phenoxy) is 1. The Kier molecular flexibility index (Phi) is 3.71. The Morgan fingerprint density at radius 2 is 2.54 bits per heavy atom. The van der Waals surface area contributed by atoms with E-state index in [0.29, 0.717) is 19.7 Å². The Balaban J connectivity index is 2.48. The summed E-state index contributed by atoms with van der Waals surface area (Å²) in [5.41, 5.74) is 0. The van der Waals surface area contributed by atoms with E-state index in [4.69, 9.17) is 10.00 Å². The van der Waals surface area contributed by atoms with Crippen LogP contribution in [0.3, 0.4) is 0 Å². The molecule has 1 heterocycles. The fourth-order valence-corrected chi connectivity index (χ4v) is 1.40. The lowest BCUT2D eigenvalue weighted by molar-refractivity contribution is -0.130. The number of hydrogen-bond donors (Lipinski definition) is 0. The van der Waals surface area contributed by atoms with Crippen LogP contribution in [0.1, 0.15) is 19.8 Å². The van der Waals surface area contributed by atoms with Gasteiger partial charge in [0.25, 0.3) is 0 Å². The van der Waals surface area contributed by atoms with Crippen LogP contribution in [-0.4, -0.2) is 36.6 Å². The number of carbonyl (C=O) groups excluding carboxylic acids is 1. The summed E-state index contributed by atoms with van der Waals surface area (Å²) in [7, 11) is 0. The molecule has 4 nitrogen and oxygen atoms in total. The smallest absolute Gasteiger partial charge is 0.236 e. The SMILES string of the molecule is CC1CN(C(=O)CC#N)CCCO1. The van der Waals surface area contributed by atoms with Crippen molar-refractivity contribution >= 4 is 5.91 Å². The number of hydrogen-bond acceptors (Lipinski definition) is 3. The van der Waals surface area contributed by atoms with Gasteiger partial charge in [0.15, 0.2) is 0 Å². The summed E-state index contributed by atoms with van der Waals surface area (Å²) in [4.78, 5) is 13.1. The monoisotopic (exact) mass is 182 g/mol. The molecule has 4 heteroatoms. The molecule has 1 unspecified atom stereocenters. The molecule has 72 valence electrons. The molecule has 0 aromatic rings. The number of nitrogens with zero attached hydrogens (tertiary/aromatic N) is 2. The zero-order chi connectivity index (χ0) is 9.68. The molecule has 0 bridgehead atoms. The van der Waals surface area contributed by atoms with Crippen molar-refractivity contribution in [3.63, 3.8) is 0 Å². The summed E-state index contributed by atoms with van der Waals surface area (Å²) in [6.07, 6.45) is 0.930. The number of carbonyl (C=O) groups is 1. The predicted octanol–water partition coefficient (Wildman–Crippen LogP) is 0.537. The second kappa shape index (κ2) is 4.83. The Labute approximate surface area is 78.1 Å². The molecule has 0 radical (unpaired) electrons. The first kappa shape index (κ1) is 10.0. The molecule has 1 aliphatic rings. The Morgan fingerprint density at radius 3 is 3.23 bits per heavy atom. The highest BCUT2D eigenvalue weighted by atomic mass is 16.5. The molecular weight excluding hydrogens is 168 g/mol. The Morgan fingerprint density at radius 1 is 1.77 bits per heavy atom. The summed E-state index contributed by atoms with van der Waals surface area (Å²) in [5.74, 6) is -0.0835. The summed E-state index contributed by atoms with van der Waals surface area (Å²) >= 11 is 0. The average Bonchev–Trinajstić information content (AvgIpc) is 2.30. The lowest BCUT2D eigenvalue weighted by Gasteiger charge is -2.20. The Hall–Kier alpha value is -1.08. The quantitative estimate of drug-likeness (QED) is 0.594. The number of amides is 1. The molecule has 0 aliphatic carbocycles. The molecule has 0 aromatic carbocycles. The van der Waals surface area contributed by atoms with Gasteiger partial charge in [-0.3, -0.25) is 4.79 Å². The van der Waals surface area contributed by atoms with E-state index in [0.717, 1.165) is 6.42 Å². The normalized spacial score (nSPS) is 23.4. The van der Waals surface area contributed by atoms with E-state index in [-0.39, 0.29) is 18.4 Å². The third kappa shape index (κ3) is 3.03. The van der Waals surface area contributed by atoms with E-state index in [1.54, 1.807) is 4.90 Å². The molecular formula is C9H14N2O2. The molecule has 0 aromatic heterocycles. The van der Waals surface area contributed by atoms with Crippen LogP contribution in [0.25, 0.3) is 0 Å². The predicted molar refractivity (Wildman–Crippen MR) is 46.8 cm³/mol. The molecule has 0 N–H and O–H groups in total. The van der Waals surface area contributed by atoms with Crippen molar-refractivity contribution in [3.05, 3.63) is 0 Å². The van der Waals surface area contributed by atoms with E-state index >= 15 is 0 Å². The zero-order valence-electron chi connectivity index (χ0n) is 7.82. The van der Waals surface area contributed by atoms with Crippen LogP contribution in [0, 0.1) is 11.3 Å². The first-order chi connectivity index (χ1) is 6.24. The fraction of sp³-hybridized carbons (Fsp3) is 0.778. The third-order valence-corrected chi connectivity index (χ3v) is 2.04. The summed E-state index contributed by atoms with van der Waals surface area (Å²) < 4.78 is 5.38. The minimum Gasteiger partial charge on any atom is -0.377 e. The lowest BCUT2D eigenvalue weighted by atomic mass is 10.3. The van der Waals surface area contributed by atoms with Crippen molar-refractivity contribution in [3.8, 4) is 6.07 Å². The van der Waals surface area contributed by atoms with Crippen molar-refractivity contribution in [2.75, 3.05) is 19.7 Å². The van der Waals surface area contributed by atoms with Gasteiger partial charge in [0.05, 0.1) is 12.2 Å². The molecule has 1 amide bonds. The van der Waals surface area contributed by atoms with Gasteiger partial charge in [-0.2, -0.15) is 5.26 Å². The topological polar surface area (TPSA) is 53.3 Å². The van der Waals surface area contributed by atoms with E-state index in [9.17, 15) is 4.79 Å². The van der Waals surface area contributed by atoms with Crippen LogP contribution in [0.2, 0.25) is 0 Å². The van der Waals surface area contributed by atoms with Crippen molar-refractivity contribution in [1.29, 1.82) is 5.26 Å². The molecule has 1 fully saturated rings. The van der Waals surface area contributed by atoms with Gasteiger partial charge in [0.1, 0.15) is 6.42 Å². The standard InChI is InChI=1S/C9H14N2O2/c1-8-7-11(5-2-6-13-8)9(12)3-4-10/h8H,2-3,5-7H2,1H3. The van der Waals surface area contributed by atoms with Gasteiger partial charge in [0, 0.05) is 19.7 Å². The first-order valence-electron chi connectivity index (χ1n) is 4.50. The van der Waals surface area contributed by atoms with Gasteiger partial charge in [-0.05, 0) is 13.3 Å². The van der Waals surface area contributed by atoms with Crippen molar-refractivity contribution < 1.29 is 9.53 Å². The van der Waals surface area contributed by atoms with Crippen LogP contribution in [0.5, 0.6) is 0 Å². The van der Waals surface area contributed by atoms with Gasteiger partial charge >= 0.3 is 0 Å². The summed E-state index contributed by atoms with van der Waals surface area (Å²) in [5, 5.41) is 8.37. The third-order valence-electron chi connectivity index (χ3n) is 2.04. The molecule has 1 aliphatic heterocycles. The van der Waals surface area contributed by atoms with E-state index in [1.165, 1.54) is 0 Å². The summed E-state index contributed by atoms with van der Waals surface area (Å²) in [6.45, 7) is 3.97. The van der Waals surface area contributed by atoms with Crippen LogP contribution >= 0.6 is 0 Å². The van der Waals surface area contributed by atoms with Gasteiger partial charge < -0.3 is 9.64 Å². The van der Waals surface area contributed by atoms with E-state index < -0.39 is 0 Å². The maximum absolute atomic E-state index is 11.3. The number of rotatable bonds is 1. The lowest BCUT2D eigenvalue weighted by Crippen LogP contribution is -2.35. The van der Waals surface area contributed by atoms with Crippen molar-refractivity contribution in [2.45, 2.75) is 25.9 Å². The highest BCUT2D eigenvalue weighted by Gasteiger charge is 2.18. The van der Waals surface area contributed by atoms with Crippen LogP contribution in [-0.2, 0) is 9.53 Å².